The number of imidazole rings is 1. The van der Waals surface area contributed by atoms with Gasteiger partial charge >= 0.3 is 0 Å². The van der Waals surface area contributed by atoms with E-state index in [2.05, 4.69) is 34.4 Å². The SMILES string of the molecule is Cc1nccn1C1CCCSC1. The fraction of sp³-hybridized carbons (Fsp3) is 0.667. The van der Waals surface area contributed by atoms with Crippen LogP contribution in [0.25, 0.3) is 0 Å². The zero-order valence-electron chi connectivity index (χ0n) is 7.36. The predicted molar refractivity (Wildman–Crippen MR) is 52.6 cm³/mol. The summed E-state index contributed by atoms with van der Waals surface area (Å²) in [7, 11) is 0. The highest BCUT2D eigenvalue weighted by molar-refractivity contribution is 7.99. The molecule has 0 N–H and O–H groups in total. The normalized spacial score (nSPS) is 24.2. The molecule has 2 rings (SSSR count). The number of rotatable bonds is 1. The monoisotopic (exact) mass is 182 g/mol. The van der Waals surface area contributed by atoms with Crippen molar-refractivity contribution in [1.82, 2.24) is 9.55 Å². The molecule has 3 heteroatoms. The van der Waals surface area contributed by atoms with Crippen molar-refractivity contribution in [2.45, 2.75) is 25.8 Å². The van der Waals surface area contributed by atoms with E-state index in [0.717, 1.165) is 5.82 Å². The molecule has 1 aliphatic heterocycles. The third-order valence-electron chi connectivity index (χ3n) is 2.39. The summed E-state index contributed by atoms with van der Waals surface area (Å²) in [5, 5.41) is 0. The van der Waals surface area contributed by atoms with Crippen molar-refractivity contribution < 1.29 is 0 Å². The van der Waals surface area contributed by atoms with Gasteiger partial charge in [-0.3, -0.25) is 0 Å². The first kappa shape index (κ1) is 8.17. The lowest BCUT2D eigenvalue weighted by Gasteiger charge is -2.23. The topological polar surface area (TPSA) is 17.8 Å². The van der Waals surface area contributed by atoms with Gasteiger partial charge in [-0.1, -0.05) is 0 Å². The van der Waals surface area contributed by atoms with Gasteiger partial charge in [0.25, 0.3) is 0 Å². The number of hydrogen-bond donors (Lipinski definition) is 0. The van der Waals surface area contributed by atoms with Crippen LogP contribution in [0.1, 0.15) is 24.7 Å². The second-order valence-corrected chi connectivity index (χ2v) is 4.40. The molecule has 0 amide bonds. The fourth-order valence-electron chi connectivity index (χ4n) is 1.72. The molecule has 1 atom stereocenters. The number of thioether (sulfide) groups is 1. The smallest absolute Gasteiger partial charge is 0.105 e. The third kappa shape index (κ3) is 1.51. The van der Waals surface area contributed by atoms with Crippen LogP contribution in [0.2, 0.25) is 0 Å². The molecule has 1 aliphatic rings. The van der Waals surface area contributed by atoms with E-state index in [0.29, 0.717) is 6.04 Å². The maximum absolute atomic E-state index is 4.25. The highest BCUT2D eigenvalue weighted by Gasteiger charge is 2.15. The second-order valence-electron chi connectivity index (χ2n) is 3.25. The van der Waals surface area contributed by atoms with E-state index in [1.165, 1.54) is 24.3 Å². The summed E-state index contributed by atoms with van der Waals surface area (Å²) in [4.78, 5) is 4.25. The van der Waals surface area contributed by atoms with Gasteiger partial charge in [0, 0.05) is 24.2 Å². The minimum atomic E-state index is 0.700. The van der Waals surface area contributed by atoms with Crippen LogP contribution in [0.3, 0.4) is 0 Å². The van der Waals surface area contributed by atoms with E-state index in [9.17, 15) is 0 Å². The van der Waals surface area contributed by atoms with Crippen molar-refractivity contribution in [2.24, 2.45) is 0 Å². The third-order valence-corrected chi connectivity index (χ3v) is 3.59. The van der Waals surface area contributed by atoms with Gasteiger partial charge in [-0.05, 0) is 25.5 Å². The minimum Gasteiger partial charge on any atom is -0.331 e. The van der Waals surface area contributed by atoms with E-state index in [4.69, 9.17) is 0 Å². The van der Waals surface area contributed by atoms with Crippen LogP contribution in [0.15, 0.2) is 12.4 Å². The molecule has 66 valence electrons. The highest BCUT2D eigenvalue weighted by Crippen LogP contribution is 2.27. The molecule has 1 fully saturated rings. The Morgan fingerprint density at radius 1 is 1.67 bits per heavy atom. The fourth-order valence-corrected chi connectivity index (χ4v) is 2.85. The van der Waals surface area contributed by atoms with Crippen molar-refractivity contribution in [1.29, 1.82) is 0 Å². The molecule has 0 aromatic carbocycles. The number of hydrogen-bond acceptors (Lipinski definition) is 2. The molecule has 0 saturated carbocycles. The highest BCUT2D eigenvalue weighted by atomic mass is 32.2. The number of aryl methyl sites for hydroxylation is 1. The molecule has 1 unspecified atom stereocenters. The predicted octanol–water partition coefficient (Wildman–Crippen LogP) is 2.26. The number of aromatic nitrogens is 2. The maximum atomic E-state index is 4.25. The summed E-state index contributed by atoms with van der Waals surface area (Å²) in [5.41, 5.74) is 0. The second kappa shape index (κ2) is 3.52. The zero-order chi connectivity index (χ0) is 8.39. The minimum absolute atomic E-state index is 0.700. The average Bonchev–Trinajstić information content (AvgIpc) is 2.53. The Morgan fingerprint density at radius 3 is 3.17 bits per heavy atom. The molecule has 0 bridgehead atoms. The lowest BCUT2D eigenvalue weighted by atomic mass is 10.2. The van der Waals surface area contributed by atoms with Gasteiger partial charge in [-0.2, -0.15) is 11.8 Å². The first-order valence-corrected chi connectivity index (χ1v) is 5.60. The molecule has 1 aromatic heterocycles. The molecule has 1 saturated heterocycles. The molecule has 0 aliphatic carbocycles. The van der Waals surface area contributed by atoms with E-state index < -0.39 is 0 Å². The van der Waals surface area contributed by atoms with Crippen molar-refractivity contribution in [3.8, 4) is 0 Å². The van der Waals surface area contributed by atoms with Crippen molar-refractivity contribution in [2.75, 3.05) is 11.5 Å². The van der Waals surface area contributed by atoms with Crippen LogP contribution >= 0.6 is 11.8 Å². The van der Waals surface area contributed by atoms with E-state index in [-0.39, 0.29) is 0 Å². The summed E-state index contributed by atoms with van der Waals surface area (Å²) < 4.78 is 2.31. The van der Waals surface area contributed by atoms with Crippen LogP contribution < -0.4 is 0 Å². The van der Waals surface area contributed by atoms with Gasteiger partial charge in [0.05, 0.1) is 0 Å². The summed E-state index contributed by atoms with van der Waals surface area (Å²) in [6, 6.07) is 0.700. The molecular weight excluding hydrogens is 168 g/mol. The Labute approximate surface area is 77.4 Å². The first-order valence-electron chi connectivity index (χ1n) is 4.45. The zero-order valence-corrected chi connectivity index (χ0v) is 8.18. The Kier molecular flexibility index (Phi) is 2.40. The molecule has 2 nitrogen and oxygen atoms in total. The van der Waals surface area contributed by atoms with Gasteiger partial charge in [-0.15, -0.1) is 0 Å². The van der Waals surface area contributed by atoms with Gasteiger partial charge in [0.2, 0.25) is 0 Å². The van der Waals surface area contributed by atoms with Gasteiger partial charge in [0.15, 0.2) is 0 Å². The molecule has 0 spiro atoms. The Morgan fingerprint density at radius 2 is 2.58 bits per heavy atom. The molecule has 12 heavy (non-hydrogen) atoms. The van der Waals surface area contributed by atoms with Crippen molar-refractivity contribution in [3.05, 3.63) is 18.2 Å². The van der Waals surface area contributed by atoms with E-state index in [1.54, 1.807) is 0 Å². The van der Waals surface area contributed by atoms with E-state index >= 15 is 0 Å². The Bertz CT molecular complexity index is 251. The largest absolute Gasteiger partial charge is 0.331 e. The van der Waals surface area contributed by atoms with E-state index in [1.807, 2.05) is 6.20 Å². The molecular formula is C9H14N2S. The standard InChI is InChI=1S/C9H14N2S/c1-8-10-4-5-11(8)9-3-2-6-12-7-9/h4-5,9H,2-3,6-7H2,1H3. The van der Waals surface area contributed by atoms with Gasteiger partial charge in [-0.25, -0.2) is 4.98 Å². The average molecular weight is 182 g/mol. The summed E-state index contributed by atoms with van der Waals surface area (Å²) in [5.74, 6) is 3.75. The number of nitrogens with zero attached hydrogens (tertiary/aromatic N) is 2. The van der Waals surface area contributed by atoms with Crippen LogP contribution in [0, 0.1) is 6.92 Å². The molecule has 1 aromatic rings. The maximum Gasteiger partial charge on any atom is 0.105 e. The Hall–Kier alpha value is -0.440. The van der Waals surface area contributed by atoms with Crippen LogP contribution in [0.5, 0.6) is 0 Å². The van der Waals surface area contributed by atoms with Crippen molar-refractivity contribution >= 4 is 11.8 Å². The van der Waals surface area contributed by atoms with Crippen LogP contribution in [-0.4, -0.2) is 21.1 Å². The summed E-state index contributed by atoms with van der Waals surface area (Å²) in [6.45, 7) is 2.08. The summed E-state index contributed by atoms with van der Waals surface area (Å²) >= 11 is 2.06. The Balaban J connectivity index is 2.13. The summed E-state index contributed by atoms with van der Waals surface area (Å²) in [6.07, 6.45) is 6.68. The molecule has 2 heterocycles. The quantitative estimate of drug-likeness (QED) is 0.663. The van der Waals surface area contributed by atoms with Crippen molar-refractivity contribution in [3.63, 3.8) is 0 Å². The van der Waals surface area contributed by atoms with Crippen LogP contribution in [-0.2, 0) is 0 Å². The lowest BCUT2D eigenvalue weighted by molar-refractivity contribution is 0.489. The first-order chi connectivity index (χ1) is 5.88. The van der Waals surface area contributed by atoms with Gasteiger partial charge in [0.1, 0.15) is 5.82 Å². The molecule has 0 radical (unpaired) electrons. The van der Waals surface area contributed by atoms with Gasteiger partial charge < -0.3 is 4.57 Å². The lowest BCUT2D eigenvalue weighted by Crippen LogP contribution is -2.16. The van der Waals surface area contributed by atoms with Crippen LogP contribution in [0.4, 0.5) is 0 Å².